The van der Waals surface area contributed by atoms with Gasteiger partial charge in [0.15, 0.2) is 0 Å². The van der Waals surface area contributed by atoms with Crippen LogP contribution in [0.15, 0.2) is 35.7 Å². The largest absolute Gasteiger partial charge is 0.507 e. The highest BCUT2D eigenvalue weighted by atomic mass is 32.1. The van der Waals surface area contributed by atoms with Crippen molar-refractivity contribution >= 4 is 11.3 Å². The second-order valence-electron chi connectivity index (χ2n) is 2.82. The number of phenolic OH excluding ortho intramolecular Hbond substituents is 1. The first-order valence-corrected chi connectivity index (χ1v) is 4.96. The molecule has 0 saturated heterocycles. The standard InChI is InChI=1S/C11H7NOS/c12-7-9-6-8(3-4-10(9)13)11-2-1-5-14-11/h1-6,13H. The van der Waals surface area contributed by atoms with Crippen LogP contribution in [0.5, 0.6) is 5.75 Å². The molecule has 0 fully saturated rings. The van der Waals surface area contributed by atoms with Gasteiger partial charge in [-0.3, -0.25) is 0 Å². The fourth-order valence-corrected chi connectivity index (χ4v) is 1.95. The van der Waals surface area contributed by atoms with Crippen LogP contribution in [0.1, 0.15) is 5.56 Å². The molecule has 1 N–H and O–H groups in total. The molecule has 2 aromatic rings. The number of phenols is 1. The first kappa shape index (κ1) is 8.79. The van der Waals surface area contributed by atoms with E-state index >= 15 is 0 Å². The van der Waals surface area contributed by atoms with E-state index in [1.807, 2.05) is 29.6 Å². The number of hydrogen-bond acceptors (Lipinski definition) is 3. The number of benzene rings is 1. The quantitative estimate of drug-likeness (QED) is 0.770. The molecular formula is C11H7NOS. The Hall–Kier alpha value is -1.79. The van der Waals surface area contributed by atoms with Crippen LogP contribution >= 0.6 is 11.3 Å². The van der Waals surface area contributed by atoms with E-state index < -0.39 is 0 Å². The smallest absolute Gasteiger partial charge is 0.133 e. The summed E-state index contributed by atoms with van der Waals surface area (Å²) in [6, 6.07) is 10.9. The number of thiophene rings is 1. The van der Waals surface area contributed by atoms with Gasteiger partial charge >= 0.3 is 0 Å². The third-order valence-corrected chi connectivity index (χ3v) is 2.84. The maximum atomic E-state index is 9.31. The number of nitriles is 1. The fourth-order valence-electron chi connectivity index (χ4n) is 1.22. The average molecular weight is 201 g/mol. The summed E-state index contributed by atoms with van der Waals surface area (Å²) in [6.45, 7) is 0. The van der Waals surface area contributed by atoms with Gasteiger partial charge in [-0.15, -0.1) is 11.3 Å². The molecule has 1 aromatic carbocycles. The van der Waals surface area contributed by atoms with E-state index in [-0.39, 0.29) is 5.75 Å². The summed E-state index contributed by atoms with van der Waals surface area (Å²) in [5.41, 5.74) is 1.28. The lowest BCUT2D eigenvalue weighted by atomic mass is 10.1. The third-order valence-electron chi connectivity index (χ3n) is 1.92. The lowest BCUT2D eigenvalue weighted by molar-refractivity contribution is 0.473. The van der Waals surface area contributed by atoms with Gasteiger partial charge < -0.3 is 5.11 Å². The fraction of sp³-hybridized carbons (Fsp3) is 0. The van der Waals surface area contributed by atoms with E-state index in [0.29, 0.717) is 5.56 Å². The van der Waals surface area contributed by atoms with Crippen LogP contribution in [-0.2, 0) is 0 Å². The van der Waals surface area contributed by atoms with Gasteiger partial charge in [-0.1, -0.05) is 6.07 Å². The highest BCUT2D eigenvalue weighted by molar-refractivity contribution is 7.13. The first-order valence-electron chi connectivity index (χ1n) is 4.08. The summed E-state index contributed by atoms with van der Waals surface area (Å²) in [4.78, 5) is 1.10. The Kier molecular flexibility index (Phi) is 2.21. The zero-order valence-electron chi connectivity index (χ0n) is 7.27. The summed E-state index contributed by atoms with van der Waals surface area (Å²) in [6.07, 6.45) is 0. The predicted octanol–water partition coefficient (Wildman–Crippen LogP) is 2.99. The van der Waals surface area contributed by atoms with E-state index in [0.717, 1.165) is 10.4 Å². The molecular weight excluding hydrogens is 194 g/mol. The lowest BCUT2D eigenvalue weighted by Crippen LogP contribution is -1.78. The molecule has 2 nitrogen and oxygen atoms in total. The number of aromatic hydroxyl groups is 1. The van der Waals surface area contributed by atoms with Crippen LogP contribution < -0.4 is 0 Å². The second kappa shape index (κ2) is 3.52. The van der Waals surface area contributed by atoms with Crippen LogP contribution in [0.3, 0.4) is 0 Å². The molecule has 14 heavy (non-hydrogen) atoms. The Bertz CT molecular complexity index is 482. The van der Waals surface area contributed by atoms with E-state index in [1.165, 1.54) is 0 Å². The summed E-state index contributed by atoms with van der Waals surface area (Å²) >= 11 is 1.61. The minimum Gasteiger partial charge on any atom is -0.507 e. The normalized spacial score (nSPS) is 9.64. The molecule has 0 aliphatic carbocycles. The summed E-state index contributed by atoms with van der Waals surface area (Å²) in [7, 11) is 0. The van der Waals surface area contributed by atoms with Crippen molar-refractivity contribution in [2.75, 3.05) is 0 Å². The van der Waals surface area contributed by atoms with E-state index in [4.69, 9.17) is 5.26 Å². The lowest BCUT2D eigenvalue weighted by Gasteiger charge is -1.99. The zero-order valence-corrected chi connectivity index (χ0v) is 8.08. The van der Waals surface area contributed by atoms with Gasteiger partial charge in [-0.25, -0.2) is 0 Å². The van der Waals surface area contributed by atoms with E-state index in [2.05, 4.69) is 0 Å². The Morgan fingerprint density at radius 3 is 2.79 bits per heavy atom. The van der Waals surface area contributed by atoms with Crippen molar-refractivity contribution in [2.24, 2.45) is 0 Å². The Morgan fingerprint density at radius 2 is 2.14 bits per heavy atom. The molecule has 0 unspecified atom stereocenters. The molecule has 68 valence electrons. The monoisotopic (exact) mass is 201 g/mol. The molecule has 0 spiro atoms. The molecule has 0 atom stereocenters. The molecule has 0 bridgehead atoms. The number of nitrogens with zero attached hydrogens (tertiary/aromatic N) is 1. The molecule has 0 amide bonds. The van der Waals surface area contributed by atoms with Crippen molar-refractivity contribution in [1.82, 2.24) is 0 Å². The Morgan fingerprint density at radius 1 is 1.29 bits per heavy atom. The Balaban J connectivity index is 2.53. The van der Waals surface area contributed by atoms with Crippen LogP contribution in [0.4, 0.5) is 0 Å². The van der Waals surface area contributed by atoms with Gasteiger partial charge in [0, 0.05) is 4.88 Å². The number of hydrogen-bond donors (Lipinski definition) is 1. The first-order chi connectivity index (χ1) is 6.81. The molecule has 0 aliphatic rings. The van der Waals surface area contributed by atoms with Crippen molar-refractivity contribution in [3.8, 4) is 22.3 Å². The van der Waals surface area contributed by atoms with Gasteiger partial charge in [-0.05, 0) is 35.2 Å². The van der Waals surface area contributed by atoms with Crippen LogP contribution in [0, 0.1) is 11.3 Å². The zero-order chi connectivity index (χ0) is 9.97. The maximum absolute atomic E-state index is 9.31. The van der Waals surface area contributed by atoms with Gasteiger partial charge in [0.2, 0.25) is 0 Å². The summed E-state index contributed by atoms with van der Waals surface area (Å²) < 4.78 is 0. The van der Waals surface area contributed by atoms with Gasteiger partial charge in [-0.2, -0.15) is 5.26 Å². The second-order valence-corrected chi connectivity index (χ2v) is 3.77. The molecule has 1 heterocycles. The molecule has 1 aromatic heterocycles. The highest BCUT2D eigenvalue weighted by Crippen LogP contribution is 2.28. The van der Waals surface area contributed by atoms with Crippen molar-refractivity contribution in [2.45, 2.75) is 0 Å². The SMILES string of the molecule is N#Cc1cc(-c2cccs2)ccc1O. The molecule has 0 aliphatic heterocycles. The molecule has 3 heteroatoms. The Labute approximate surface area is 85.7 Å². The van der Waals surface area contributed by atoms with Crippen LogP contribution in [0.25, 0.3) is 10.4 Å². The minimum absolute atomic E-state index is 0.0350. The topological polar surface area (TPSA) is 44.0 Å². The molecule has 0 saturated carbocycles. The third kappa shape index (κ3) is 1.48. The van der Waals surface area contributed by atoms with Crippen LogP contribution in [0.2, 0.25) is 0 Å². The number of rotatable bonds is 1. The van der Waals surface area contributed by atoms with Gasteiger partial charge in [0.05, 0.1) is 5.56 Å². The maximum Gasteiger partial charge on any atom is 0.133 e. The predicted molar refractivity (Wildman–Crippen MR) is 56.1 cm³/mol. The summed E-state index contributed by atoms with van der Waals surface area (Å²) in [5, 5.41) is 20.0. The van der Waals surface area contributed by atoms with Gasteiger partial charge in [0.1, 0.15) is 11.8 Å². The van der Waals surface area contributed by atoms with Crippen molar-refractivity contribution in [3.63, 3.8) is 0 Å². The highest BCUT2D eigenvalue weighted by Gasteiger charge is 2.03. The van der Waals surface area contributed by atoms with E-state index in [9.17, 15) is 5.11 Å². The van der Waals surface area contributed by atoms with Crippen molar-refractivity contribution in [3.05, 3.63) is 41.3 Å². The molecule has 2 rings (SSSR count). The van der Waals surface area contributed by atoms with Crippen molar-refractivity contribution < 1.29 is 5.11 Å². The summed E-state index contributed by atoms with van der Waals surface area (Å²) in [5.74, 6) is 0.0350. The minimum atomic E-state index is 0.0350. The van der Waals surface area contributed by atoms with Crippen molar-refractivity contribution in [1.29, 1.82) is 5.26 Å². The molecule has 0 radical (unpaired) electrons. The van der Waals surface area contributed by atoms with Gasteiger partial charge in [0.25, 0.3) is 0 Å². The van der Waals surface area contributed by atoms with E-state index in [1.54, 1.807) is 23.5 Å². The average Bonchev–Trinajstić information content (AvgIpc) is 2.71. The van der Waals surface area contributed by atoms with Crippen LogP contribution in [-0.4, -0.2) is 5.11 Å².